The Morgan fingerprint density at radius 3 is 2.58 bits per heavy atom. The highest BCUT2D eigenvalue weighted by molar-refractivity contribution is 6.01. The smallest absolute Gasteiger partial charge is 0.424 e. The third kappa shape index (κ3) is 2.98. The Morgan fingerprint density at radius 2 is 2.04 bits per heavy atom. The molecule has 1 aliphatic rings. The van der Waals surface area contributed by atoms with Crippen molar-refractivity contribution >= 4 is 17.7 Å². The van der Waals surface area contributed by atoms with Gasteiger partial charge in [-0.05, 0) is 26.0 Å². The Morgan fingerprint density at radius 1 is 1.42 bits per heavy atom. The van der Waals surface area contributed by atoms with Crippen molar-refractivity contribution in [1.29, 1.82) is 0 Å². The highest BCUT2D eigenvalue weighted by Crippen LogP contribution is 2.41. The van der Waals surface area contributed by atoms with Gasteiger partial charge in [0, 0.05) is 0 Å². The SMILES string of the molecule is C[C@]1(c2nc(N)ccc2F)CO[C@@](C)(C(F)(F)F)C(NC(=O)O)=N1. The van der Waals surface area contributed by atoms with E-state index in [9.17, 15) is 22.4 Å². The maximum atomic E-state index is 14.0. The average molecular weight is 350 g/mol. The number of amidine groups is 1. The van der Waals surface area contributed by atoms with Gasteiger partial charge < -0.3 is 15.6 Å². The molecule has 0 unspecified atom stereocenters. The number of alkyl halides is 3. The van der Waals surface area contributed by atoms with Gasteiger partial charge in [-0.3, -0.25) is 10.3 Å². The third-order valence-electron chi connectivity index (χ3n) is 3.60. The van der Waals surface area contributed by atoms with Crippen LogP contribution in [0.4, 0.5) is 28.2 Å². The number of nitrogen functional groups attached to an aromatic ring is 1. The molecule has 0 saturated carbocycles. The number of amides is 1. The molecule has 7 nitrogen and oxygen atoms in total. The van der Waals surface area contributed by atoms with Gasteiger partial charge in [-0.25, -0.2) is 14.2 Å². The molecular weight excluding hydrogens is 336 g/mol. The number of nitrogens with zero attached hydrogens (tertiary/aromatic N) is 2. The van der Waals surface area contributed by atoms with Crippen molar-refractivity contribution in [2.45, 2.75) is 31.2 Å². The van der Waals surface area contributed by atoms with Crippen molar-refractivity contribution in [3.8, 4) is 0 Å². The van der Waals surface area contributed by atoms with Crippen LogP contribution in [-0.2, 0) is 10.3 Å². The molecule has 4 N–H and O–H groups in total. The molecule has 1 aliphatic heterocycles. The van der Waals surface area contributed by atoms with Crippen LogP contribution in [0, 0.1) is 5.82 Å². The molecule has 0 aliphatic carbocycles. The number of carbonyl (C=O) groups is 1. The summed E-state index contributed by atoms with van der Waals surface area (Å²) in [6, 6.07) is 2.16. The van der Waals surface area contributed by atoms with Crippen LogP contribution in [-0.4, -0.2) is 40.4 Å². The third-order valence-corrected chi connectivity index (χ3v) is 3.60. The summed E-state index contributed by atoms with van der Waals surface area (Å²) in [4.78, 5) is 18.3. The standard InChI is InChI=1S/C13H14F4N4O3/c1-11(8-6(14)3-4-7(18)19-8)5-24-12(2,13(15,16)17)9(21-11)20-10(22)23/h3-4H,5H2,1-2H3,(H2,18,19)(H,20,21)(H,22,23)/t11-,12-/m1/s1. The topological polar surface area (TPSA) is 110 Å². The van der Waals surface area contributed by atoms with Crippen molar-refractivity contribution in [2.24, 2.45) is 4.99 Å². The van der Waals surface area contributed by atoms with Crippen LogP contribution in [0.25, 0.3) is 0 Å². The van der Waals surface area contributed by atoms with Crippen LogP contribution >= 0.6 is 0 Å². The Kier molecular flexibility index (Phi) is 4.17. The molecule has 0 aromatic carbocycles. The van der Waals surface area contributed by atoms with Gasteiger partial charge in [0.15, 0.2) is 0 Å². The van der Waals surface area contributed by atoms with Gasteiger partial charge in [-0.15, -0.1) is 0 Å². The van der Waals surface area contributed by atoms with Crippen LogP contribution in [0.3, 0.4) is 0 Å². The maximum absolute atomic E-state index is 14.0. The Labute approximate surface area is 133 Å². The van der Waals surface area contributed by atoms with Crippen LogP contribution < -0.4 is 11.1 Å². The molecule has 2 heterocycles. The van der Waals surface area contributed by atoms with Gasteiger partial charge in [0.1, 0.15) is 28.7 Å². The van der Waals surface area contributed by atoms with E-state index in [1.54, 1.807) is 5.32 Å². The minimum absolute atomic E-state index is 0.0697. The van der Waals surface area contributed by atoms with Crippen LogP contribution in [0.2, 0.25) is 0 Å². The Hall–Kier alpha value is -2.43. The first kappa shape index (κ1) is 17.9. The van der Waals surface area contributed by atoms with Crippen LogP contribution in [0.5, 0.6) is 0 Å². The van der Waals surface area contributed by atoms with Crippen molar-refractivity contribution in [1.82, 2.24) is 10.3 Å². The highest BCUT2D eigenvalue weighted by atomic mass is 19.4. The number of ether oxygens (including phenoxy) is 1. The lowest BCUT2D eigenvalue weighted by Gasteiger charge is -2.41. The molecule has 132 valence electrons. The zero-order valence-corrected chi connectivity index (χ0v) is 12.6. The first-order valence-electron chi connectivity index (χ1n) is 6.62. The number of hydrogen-bond donors (Lipinski definition) is 3. The lowest BCUT2D eigenvalue weighted by atomic mass is 9.93. The summed E-state index contributed by atoms with van der Waals surface area (Å²) in [7, 11) is 0. The number of aliphatic imine (C=N–C) groups is 1. The summed E-state index contributed by atoms with van der Waals surface area (Å²) in [5.41, 5.74) is 0.447. The number of aromatic nitrogens is 1. The van der Waals surface area contributed by atoms with Gasteiger partial charge in [0.2, 0.25) is 5.60 Å². The molecule has 2 atom stereocenters. The Bertz CT molecular complexity index is 709. The van der Waals surface area contributed by atoms with E-state index in [0.29, 0.717) is 6.92 Å². The fourth-order valence-electron chi connectivity index (χ4n) is 2.16. The summed E-state index contributed by atoms with van der Waals surface area (Å²) in [6.45, 7) is 1.21. The lowest BCUT2D eigenvalue weighted by Crippen LogP contribution is -2.62. The molecular formula is C13H14F4N4O3. The van der Waals surface area contributed by atoms with Gasteiger partial charge in [-0.1, -0.05) is 0 Å². The van der Waals surface area contributed by atoms with E-state index in [4.69, 9.17) is 15.6 Å². The molecule has 0 spiro atoms. The van der Waals surface area contributed by atoms with Gasteiger partial charge >= 0.3 is 12.3 Å². The summed E-state index contributed by atoms with van der Waals surface area (Å²) in [6.07, 6.45) is -6.71. The van der Waals surface area contributed by atoms with E-state index in [-0.39, 0.29) is 11.5 Å². The minimum atomic E-state index is -4.95. The number of pyridine rings is 1. The average Bonchev–Trinajstić information content (AvgIpc) is 2.44. The summed E-state index contributed by atoms with van der Waals surface area (Å²) < 4.78 is 58.7. The number of halogens is 4. The summed E-state index contributed by atoms with van der Waals surface area (Å²) in [5, 5.41) is 10.4. The van der Waals surface area contributed by atoms with Crippen molar-refractivity contribution in [3.05, 3.63) is 23.6 Å². The lowest BCUT2D eigenvalue weighted by molar-refractivity contribution is -0.250. The summed E-state index contributed by atoms with van der Waals surface area (Å²) >= 11 is 0. The second kappa shape index (κ2) is 5.58. The molecule has 24 heavy (non-hydrogen) atoms. The van der Waals surface area contributed by atoms with E-state index in [1.807, 2.05) is 0 Å². The molecule has 2 rings (SSSR count). The summed E-state index contributed by atoms with van der Waals surface area (Å²) in [5.74, 6) is -1.94. The van der Waals surface area contributed by atoms with E-state index >= 15 is 0 Å². The zero-order valence-electron chi connectivity index (χ0n) is 12.6. The fraction of sp³-hybridized carbons (Fsp3) is 0.462. The number of anilines is 1. The normalized spacial score (nSPS) is 27.5. The molecule has 0 fully saturated rings. The number of rotatable bonds is 1. The maximum Gasteiger partial charge on any atom is 0.424 e. The number of carboxylic acid groups (broad SMARTS) is 1. The first-order chi connectivity index (χ1) is 10.9. The zero-order chi connectivity index (χ0) is 18.3. The second-order valence-electron chi connectivity index (χ2n) is 5.55. The predicted octanol–water partition coefficient (Wildman–Crippen LogP) is 2.04. The molecule has 1 aromatic rings. The molecule has 1 amide bonds. The Balaban J connectivity index is 2.60. The number of hydrogen-bond acceptors (Lipinski definition) is 5. The van der Waals surface area contributed by atoms with Crippen LogP contribution in [0.15, 0.2) is 17.1 Å². The predicted molar refractivity (Wildman–Crippen MR) is 75.0 cm³/mol. The number of nitrogens with one attached hydrogen (secondary N) is 1. The molecule has 11 heteroatoms. The van der Waals surface area contributed by atoms with Gasteiger partial charge in [0.25, 0.3) is 0 Å². The van der Waals surface area contributed by atoms with Gasteiger partial charge in [0.05, 0.1) is 6.61 Å². The second-order valence-corrected chi connectivity index (χ2v) is 5.55. The van der Waals surface area contributed by atoms with E-state index < -0.39 is 41.7 Å². The molecule has 0 bridgehead atoms. The minimum Gasteiger partial charge on any atom is -0.465 e. The molecule has 0 saturated heterocycles. The fourth-order valence-corrected chi connectivity index (χ4v) is 2.16. The number of nitrogens with two attached hydrogens (primary N) is 1. The largest absolute Gasteiger partial charge is 0.465 e. The molecule has 1 aromatic heterocycles. The van der Waals surface area contributed by atoms with Crippen molar-refractivity contribution in [2.75, 3.05) is 12.3 Å². The highest BCUT2D eigenvalue weighted by Gasteiger charge is 2.60. The van der Waals surface area contributed by atoms with Crippen LogP contribution in [0.1, 0.15) is 19.5 Å². The van der Waals surface area contributed by atoms with E-state index in [2.05, 4.69) is 9.98 Å². The molecule has 0 radical (unpaired) electrons. The van der Waals surface area contributed by atoms with Crippen molar-refractivity contribution < 1.29 is 32.2 Å². The quantitative estimate of drug-likeness (QED) is 0.672. The van der Waals surface area contributed by atoms with Gasteiger partial charge in [-0.2, -0.15) is 13.2 Å². The van der Waals surface area contributed by atoms with E-state index in [0.717, 1.165) is 6.07 Å². The van der Waals surface area contributed by atoms with E-state index in [1.165, 1.54) is 13.0 Å². The van der Waals surface area contributed by atoms with Crippen molar-refractivity contribution in [3.63, 3.8) is 0 Å². The monoisotopic (exact) mass is 350 g/mol. The first-order valence-corrected chi connectivity index (χ1v) is 6.62.